The quantitative estimate of drug-likeness (QED) is 0.391. The van der Waals surface area contributed by atoms with Gasteiger partial charge >= 0.3 is 0 Å². The van der Waals surface area contributed by atoms with Gasteiger partial charge in [-0.2, -0.15) is 0 Å². The number of rotatable bonds is 7. The van der Waals surface area contributed by atoms with E-state index in [0.29, 0.717) is 11.3 Å². The zero-order chi connectivity index (χ0) is 17.6. The summed E-state index contributed by atoms with van der Waals surface area (Å²) in [6.07, 6.45) is 0.725. The molecule has 0 unspecified atom stereocenters. The molecule has 0 N–H and O–H groups in total. The molecule has 3 aromatic rings. The molecule has 0 fully saturated rings. The third-order valence-electron chi connectivity index (χ3n) is 3.46. The molecular weight excluding hydrogens is 420 g/mol. The summed E-state index contributed by atoms with van der Waals surface area (Å²) in [6.45, 7) is 0. The first-order valence-electron chi connectivity index (χ1n) is 7.51. The minimum Gasteiger partial charge on any atom is -0.497 e. The fourth-order valence-electron chi connectivity index (χ4n) is 2.13. The molecule has 0 aliphatic heterocycles. The molecule has 1 aromatic heterocycles. The van der Waals surface area contributed by atoms with Gasteiger partial charge in [0.05, 0.1) is 12.9 Å². The highest BCUT2D eigenvalue weighted by atomic mass is 79.9. The third kappa shape index (κ3) is 5.14. The van der Waals surface area contributed by atoms with Crippen molar-refractivity contribution in [1.29, 1.82) is 0 Å². The van der Waals surface area contributed by atoms with E-state index in [2.05, 4.69) is 26.1 Å². The van der Waals surface area contributed by atoms with Gasteiger partial charge in [-0.3, -0.25) is 4.79 Å². The summed E-state index contributed by atoms with van der Waals surface area (Å²) in [5.74, 6) is 1.28. The van der Waals surface area contributed by atoms with Gasteiger partial charge < -0.3 is 4.74 Å². The predicted molar refractivity (Wildman–Crippen MR) is 105 cm³/mol. The first-order chi connectivity index (χ1) is 12.1. The van der Waals surface area contributed by atoms with Crippen molar-refractivity contribution >= 4 is 44.8 Å². The van der Waals surface area contributed by atoms with Gasteiger partial charge in [-0.1, -0.05) is 63.3 Å². The summed E-state index contributed by atoms with van der Waals surface area (Å²) >= 11 is 6.32. The van der Waals surface area contributed by atoms with Gasteiger partial charge in [0.1, 0.15) is 10.8 Å². The number of Topliss-reactive ketones (excluding diaryl/α,β-unsaturated/α-hetero) is 1. The van der Waals surface area contributed by atoms with Crippen LogP contribution in [0, 0.1) is 0 Å². The maximum atomic E-state index is 12.2. The van der Waals surface area contributed by atoms with E-state index >= 15 is 0 Å². The minimum atomic E-state index is 0.0874. The van der Waals surface area contributed by atoms with Crippen molar-refractivity contribution in [2.24, 2.45) is 0 Å². The normalized spacial score (nSPS) is 10.6. The van der Waals surface area contributed by atoms with E-state index in [0.717, 1.165) is 31.6 Å². The molecule has 7 heteroatoms. The number of thioether (sulfide) groups is 1. The Hall–Kier alpha value is -1.70. The van der Waals surface area contributed by atoms with E-state index < -0.39 is 0 Å². The molecule has 25 heavy (non-hydrogen) atoms. The number of hydrogen-bond acceptors (Lipinski definition) is 6. The second kappa shape index (κ2) is 8.60. The van der Waals surface area contributed by atoms with Crippen molar-refractivity contribution in [3.05, 3.63) is 69.1 Å². The van der Waals surface area contributed by atoms with Crippen LogP contribution < -0.4 is 4.74 Å². The van der Waals surface area contributed by atoms with E-state index in [4.69, 9.17) is 4.74 Å². The standard InChI is InChI=1S/C18H15BrN2O2S2/c1-23-15-8-2-12(3-9-15)10-17-20-21-18(25-17)24-11-16(22)13-4-6-14(19)7-5-13/h2-9H,10-11H2,1H3. The van der Waals surface area contributed by atoms with Gasteiger partial charge in [-0.25, -0.2) is 0 Å². The lowest BCUT2D eigenvalue weighted by Crippen LogP contribution is -2.01. The van der Waals surface area contributed by atoms with Gasteiger partial charge in [-0.05, 0) is 29.8 Å². The Morgan fingerprint density at radius 2 is 1.84 bits per heavy atom. The van der Waals surface area contributed by atoms with Crippen molar-refractivity contribution < 1.29 is 9.53 Å². The highest BCUT2D eigenvalue weighted by Gasteiger charge is 2.10. The molecule has 4 nitrogen and oxygen atoms in total. The van der Waals surface area contributed by atoms with Crippen molar-refractivity contribution in [3.63, 3.8) is 0 Å². The lowest BCUT2D eigenvalue weighted by Gasteiger charge is -2.01. The Labute approximate surface area is 162 Å². The number of ether oxygens (including phenoxy) is 1. The van der Waals surface area contributed by atoms with E-state index in [1.165, 1.54) is 23.1 Å². The topological polar surface area (TPSA) is 52.1 Å². The second-order valence-electron chi connectivity index (χ2n) is 5.21. The van der Waals surface area contributed by atoms with Crippen molar-refractivity contribution in [1.82, 2.24) is 10.2 Å². The van der Waals surface area contributed by atoms with Crippen LogP contribution in [0.5, 0.6) is 5.75 Å². The minimum absolute atomic E-state index is 0.0874. The summed E-state index contributed by atoms with van der Waals surface area (Å²) in [5.41, 5.74) is 1.86. The van der Waals surface area contributed by atoms with E-state index in [1.807, 2.05) is 48.5 Å². The van der Waals surface area contributed by atoms with Gasteiger partial charge in [0.2, 0.25) is 0 Å². The summed E-state index contributed by atoms with van der Waals surface area (Å²) in [6, 6.07) is 15.3. The van der Waals surface area contributed by atoms with Crippen LogP contribution in [0.25, 0.3) is 0 Å². The van der Waals surface area contributed by atoms with Crippen LogP contribution in [-0.2, 0) is 6.42 Å². The summed E-state index contributed by atoms with van der Waals surface area (Å²) < 4.78 is 6.93. The first kappa shape index (κ1) is 18.1. The number of carbonyl (C=O) groups is 1. The summed E-state index contributed by atoms with van der Waals surface area (Å²) in [4.78, 5) is 12.2. The molecule has 0 aliphatic rings. The summed E-state index contributed by atoms with van der Waals surface area (Å²) in [5, 5.41) is 9.32. The predicted octanol–water partition coefficient (Wildman–Crippen LogP) is 4.88. The van der Waals surface area contributed by atoms with Crippen molar-refractivity contribution in [2.45, 2.75) is 10.8 Å². The number of nitrogens with zero attached hydrogens (tertiary/aromatic N) is 2. The Kier molecular flexibility index (Phi) is 6.23. The van der Waals surface area contributed by atoms with Gasteiger partial charge in [0.15, 0.2) is 10.1 Å². The molecule has 0 bridgehead atoms. The highest BCUT2D eigenvalue weighted by molar-refractivity contribution is 9.10. The lowest BCUT2D eigenvalue weighted by molar-refractivity contribution is 0.102. The van der Waals surface area contributed by atoms with Gasteiger partial charge in [-0.15, -0.1) is 10.2 Å². The van der Waals surface area contributed by atoms with Crippen molar-refractivity contribution in [2.75, 3.05) is 12.9 Å². The number of aromatic nitrogens is 2. The lowest BCUT2D eigenvalue weighted by atomic mass is 10.1. The monoisotopic (exact) mass is 434 g/mol. The molecule has 128 valence electrons. The average Bonchev–Trinajstić information content (AvgIpc) is 3.08. The van der Waals surface area contributed by atoms with Crippen LogP contribution >= 0.6 is 39.0 Å². The molecular formula is C18H15BrN2O2S2. The average molecular weight is 435 g/mol. The molecule has 3 rings (SSSR count). The fraction of sp³-hybridized carbons (Fsp3) is 0.167. The SMILES string of the molecule is COc1ccc(Cc2nnc(SCC(=O)c3ccc(Br)cc3)s2)cc1. The number of hydrogen-bond donors (Lipinski definition) is 0. The maximum Gasteiger partial charge on any atom is 0.174 e. The van der Waals surface area contributed by atoms with E-state index in [9.17, 15) is 4.79 Å². The Bertz CT molecular complexity index is 848. The molecule has 1 heterocycles. The molecule has 0 spiro atoms. The smallest absolute Gasteiger partial charge is 0.174 e. The van der Waals surface area contributed by atoms with Gasteiger partial charge in [0, 0.05) is 16.5 Å². The van der Waals surface area contributed by atoms with Crippen LogP contribution in [0.2, 0.25) is 0 Å². The number of ketones is 1. The highest BCUT2D eigenvalue weighted by Crippen LogP contribution is 2.25. The molecule has 0 saturated carbocycles. The van der Waals surface area contributed by atoms with E-state index in [-0.39, 0.29) is 5.78 Å². The van der Waals surface area contributed by atoms with Crippen LogP contribution in [0.1, 0.15) is 20.9 Å². The van der Waals surface area contributed by atoms with Crippen LogP contribution in [0.4, 0.5) is 0 Å². The molecule has 0 radical (unpaired) electrons. The number of benzene rings is 2. The van der Waals surface area contributed by atoms with Crippen LogP contribution in [0.15, 0.2) is 57.3 Å². The van der Waals surface area contributed by atoms with Crippen LogP contribution in [-0.4, -0.2) is 28.8 Å². The largest absolute Gasteiger partial charge is 0.497 e. The molecule has 0 aliphatic carbocycles. The first-order valence-corrected chi connectivity index (χ1v) is 10.1. The van der Waals surface area contributed by atoms with Gasteiger partial charge in [0.25, 0.3) is 0 Å². The maximum absolute atomic E-state index is 12.2. The zero-order valence-corrected chi connectivity index (χ0v) is 16.7. The fourth-order valence-corrected chi connectivity index (χ4v) is 4.22. The summed E-state index contributed by atoms with van der Waals surface area (Å²) in [7, 11) is 1.65. The number of methoxy groups -OCH3 is 1. The van der Waals surface area contributed by atoms with Crippen LogP contribution in [0.3, 0.4) is 0 Å². The van der Waals surface area contributed by atoms with E-state index in [1.54, 1.807) is 7.11 Å². The number of carbonyl (C=O) groups excluding carboxylic acids is 1. The third-order valence-corrected chi connectivity index (χ3v) is 6.04. The number of halogens is 1. The molecule has 0 amide bonds. The molecule has 0 saturated heterocycles. The van der Waals surface area contributed by atoms with Crippen molar-refractivity contribution in [3.8, 4) is 5.75 Å². The molecule has 2 aromatic carbocycles. The zero-order valence-electron chi connectivity index (χ0n) is 13.4. The Morgan fingerprint density at radius 3 is 2.52 bits per heavy atom. The molecule has 0 atom stereocenters. The Balaban J connectivity index is 1.56. The Morgan fingerprint density at radius 1 is 1.12 bits per heavy atom. The second-order valence-corrected chi connectivity index (χ2v) is 8.41.